The highest BCUT2D eigenvalue weighted by Gasteiger charge is 2.17. The van der Waals surface area contributed by atoms with Crippen LogP contribution in [0.4, 0.5) is 0 Å². The van der Waals surface area contributed by atoms with E-state index in [1.165, 1.54) is 20.3 Å². The maximum absolute atomic E-state index is 11.8. The molecule has 8 nitrogen and oxygen atoms in total. The van der Waals surface area contributed by atoms with E-state index < -0.39 is 5.97 Å². The fourth-order valence-electron chi connectivity index (χ4n) is 2.71. The molecule has 0 radical (unpaired) electrons. The number of benzene rings is 2. The van der Waals surface area contributed by atoms with Gasteiger partial charge >= 0.3 is 5.97 Å². The van der Waals surface area contributed by atoms with Crippen LogP contribution in [0.25, 0.3) is 17.5 Å². The van der Waals surface area contributed by atoms with Gasteiger partial charge in [-0.1, -0.05) is 17.7 Å². The van der Waals surface area contributed by atoms with Gasteiger partial charge in [-0.3, -0.25) is 5.10 Å². The van der Waals surface area contributed by atoms with E-state index in [1.807, 2.05) is 6.92 Å². The van der Waals surface area contributed by atoms with Gasteiger partial charge in [-0.2, -0.15) is 0 Å². The molecule has 0 aliphatic rings. The van der Waals surface area contributed by atoms with Crippen LogP contribution in [0.2, 0.25) is 5.02 Å². The number of aromatic amines is 1. The summed E-state index contributed by atoms with van der Waals surface area (Å²) in [7, 11) is 3.06. The zero-order valence-corrected chi connectivity index (χ0v) is 18.6. The molecule has 0 amide bonds. The molecule has 162 valence electrons. The van der Waals surface area contributed by atoms with Crippen molar-refractivity contribution in [2.45, 2.75) is 12.1 Å². The van der Waals surface area contributed by atoms with Crippen LogP contribution in [-0.2, 0) is 4.79 Å². The summed E-state index contributed by atoms with van der Waals surface area (Å²) in [6, 6.07) is 10.3. The van der Waals surface area contributed by atoms with Gasteiger partial charge in [-0.15, -0.1) is 5.10 Å². The van der Waals surface area contributed by atoms with Gasteiger partial charge in [0, 0.05) is 5.02 Å². The highest BCUT2D eigenvalue weighted by molar-refractivity contribution is 8.04. The number of nitrogens with zero attached hydrogens (tertiary/aromatic N) is 2. The third-order valence-corrected chi connectivity index (χ3v) is 5.19. The Morgan fingerprint density at radius 2 is 1.90 bits per heavy atom. The van der Waals surface area contributed by atoms with E-state index >= 15 is 0 Å². The summed E-state index contributed by atoms with van der Waals surface area (Å²) in [5.41, 5.74) is 1.25. The molecule has 0 aliphatic carbocycles. The van der Waals surface area contributed by atoms with Crippen LogP contribution >= 0.6 is 23.4 Å². The number of carbonyl (C=O) groups is 1. The van der Waals surface area contributed by atoms with Crippen molar-refractivity contribution < 1.29 is 24.1 Å². The van der Waals surface area contributed by atoms with Crippen molar-refractivity contribution in [3.8, 4) is 28.6 Å². The summed E-state index contributed by atoms with van der Waals surface area (Å²) in [6.45, 7) is 2.36. The smallest absolute Gasteiger partial charge is 0.342 e. The van der Waals surface area contributed by atoms with E-state index in [-0.39, 0.29) is 10.1 Å². The van der Waals surface area contributed by atoms with E-state index in [1.54, 1.807) is 36.4 Å². The highest BCUT2D eigenvalue weighted by Crippen LogP contribution is 2.34. The zero-order chi connectivity index (χ0) is 22.4. The summed E-state index contributed by atoms with van der Waals surface area (Å²) in [6.07, 6.45) is 1.52. The van der Waals surface area contributed by atoms with Gasteiger partial charge in [0.25, 0.3) is 0 Å². The summed E-state index contributed by atoms with van der Waals surface area (Å²) in [4.78, 5) is 16.2. The first-order valence-electron chi connectivity index (χ1n) is 9.15. The molecular weight excluding hydrogens is 442 g/mol. The molecule has 0 fully saturated rings. The SMILES string of the molecule is CCOc1ccc(/C=C(\Sc2n[nH]c(-c3cc(Cl)ccc3OC)n2)C(=O)O)cc1OC. The first kappa shape index (κ1) is 22.5. The van der Waals surface area contributed by atoms with Crippen molar-refractivity contribution in [1.29, 1.82) is 0 Å². The average Bonchev–Trinajstić information content (AvgIpc) is 3.22. The number of methoxy groups -OCH3 is 2. The number of nitrogens with one attached hydrogen (secondary N) is 1. The van der Waals surface area contributed by atoms with E-state index in [4.69, 9.17) is 25.8 Å². The van der Waals surface area contributed by atoms with Crippen LogP contribution in [-0.4, -0.2) is 47.1 Å². The molecule has 3 rings (SSSR count). The van der Waals surface area contributed by atoms with E-state index in [0.717, 1.165) is 11.8 Å². The van der Waals surface area contributed by atoms with Crippen molar-refractivity contribution in [1.82, 2.24) is 15.2 Å². The molecule has 0 bridgehead atoms. The summed E-state index contributed by atoms with van der Waals surface area (Å²) in [5.74, 6) is 0.964. The minimum atomic E-state index is -1.11. The summed E-state index contributed by atoms with van der Waals surface area (Å²) in [5, 5.41) is 17.3. The molecule has 0 atom stereocenters. The molecule has 3 aromatic rings. The third-order valence-electron chi connectivity index (χ3n) is 4.08. The number of thioether (sulfide) groups is 1. The Balaban J connectivity index is 1.88. The third kappa shape index (κ3) is 5.50. The second-order valence-electron chi connectivity index (χ2n) is 6.07. The number of ether oxygens (including phenoxy) is 3. The predicted octanol–water partition coefficient (Wildman–Crippen LogP) is 4.76. The van der Waals surface area contributed by atoms with Gasteiger partial charge in [-0.25, -0.2) is 9.78 Å². The molecule has 31 heavy (non-hydrogen) atoms. The quantitative estimate of drug-likeness (QED) is 0.347. The van der Waals surface area contributed by atoms with Crippen LogP contribution < -0.4 is 14.2 Å². The molecule has 0 saturated carbocycles. The molecule has 0 spiro atoms. The van der Waals surface area contributed by atoms with Gasteiger partial charge in [0.1, 0.15) is 10.7 Å². The maximum Gasteiger partial charge on any atom is 0.342 e. The molecule has 0 saturated heterocycles. The summed E-state index contributed by atoms with van der Waals surface area (Å²) >= 11 is 6.99. The molecule has 10 heteroatoms. The minimum Gasteiger partial charge on any atom is -0.496 e. The molecule has 0 aliphatic heterocycles. The number of carboxylic acid groups (broad SMARTS) is 1. The Bertz CT molecular complexity index is 1120. The predicted molar refractivity (Wildman–Crippen MR) is 119 cm³/mol. The average molecular weight is 462 g/mol. The number of aromatic nitrogens is 3. The number of hydrogen-bond acceptors (Lipinski definition) is 7. The topological polar surface area (TPSA) is 107 Å². The lowest BCUT2D eigenvalue weighted by Gasteiger charge is -2.10. The Kier molecular flexibility index (Phi) is 7.43. The molecule has 2 N–H and O–H groups in total. The summed E-state index contributed by atoms with van der Waals surface area (Å²) < 4.78 is 16.1. The van der Waals surface area contributed by atoms with E-state index in [2.05, 4.69) is 15.2 Å². The Hall–Kier alpha value is -3.17. The number of carboxylic acids is 1. The molecule has 1 heterocycles. The number of hydrogen-bond donors (Lipinski definition) is 2. The fraction of sp³-hybridized carbons (Fsp3) is 0.190. The number of H-pyrrole nitrogens is 1. The first-order chi connectivity index (χ1) is 14.9. The largest absolute Gasteiger partial charge is 0.496 e. The lowest BCUT2D eigenvalue weighted by atomic mass is 10.2. The Morgan fingerprint density at radius 3 is 2.58 bits per heavy atom. The van der Waals surface area contributed by atoms with E-state index in [9.17, 15) is 9.90 Å². The van der Waals surface area contributed by atoms with Gasteiger partial charge in [0.2, 0.25) is 5.16 Å². The van der Waals surface area contributed by atoms with Crippen molar-refractivity contribution in [3.05, 3.63) is 51.9 Å². The molecule has 1 aromatic heterocycles. The number of halogens is 1. The number of rotatable bonds is 9. The standard InChI is InChI=1S/C21H20ClN3O5S/c1-4-30-16-7-5-12(9-17(16)29-3)10-18(20(26)27)31-21-23-19(24-25-21)14-11-13(22)6-8-15(14)28-2/h5-11H,4H2,1-3H3,(H,26,27)(H,23,24,25)/b18-10-. The van der Waals surface area contributed by atoms with Gasteiger partial charge in [0.15, 0.2) is 17.3 Å². The van der Waals surface area contributed by atoms with Crippen LogP contribution in [0.15, 0.2) is 46.5 Å². The zero-order valence-electron chi connectivity index (χ0n) is 17.0. The second kappa shape index (κ2) is 10.2. The minimum absolute atomic E-state index is 0.0369. The van der Waals surface area contributed by atoms with Crippen molar-refractivity contribution in [2.24, 2.45) is 0 Å². The van der Waals surface area contributed by atoms with Crippen molar-refractivity contribution in [3.63, 3.8) is 0 Å². The van der Waals surface area contributed by atoms with E-state index in [0.29, 0.717) is 45.8 Å². The second-order valence-corrected chi connectivity index (χ2v) is 7.52. The lowest BCUT2D eigenvalue weighted by molar-refractivity contribution is -0.131. The molecule has 0 unspecified atom stereocenters. The Labute approximate surface area is 188 Å². The van der Waals surface area contributed by atoms with Gasteiger partial charge < -0.3 is 19.3 Å². The molecule has 2 aromatic carbocycles. The maximum atomic E-state index is 11.8. The lowest BCUT2D eigenvalue weighted by Crippen LogP contribution is -1.98. The highest BCUT2D eigenvalue weighted by atomic mass is 35.5. The fourth-order valence-corrected chi connectivity index (χ4v) is 3.59. The normalized spacial score (nSPS) is 11.3. The van der Waals surface area contributed by atoms with Crippen LogP contribution in [0.1, 0.15) is 12.5 Å². The van der Waals surface area contributed by atoms with Gasteiger partial charge in [0.05, 0.1) is 26.4 Å². The number of aliphatic carboxylic acids is 1. The van der Waals surface area contributed by atoms with Gasteiger partial charge in [-0.05, 0) is 60.7 Å². The first-order valence-corrected chi connectivity index (χ1v) is 10.3. The van der Waals surface area contributed by atoms with Crippen molar-refractivity contribution >= 4 is 35.4 Å². The van der Waals surface area contributed by atoms with Crippen LogP contribution in [0.3, 0.4) is 0 Å². The van der Waals surface area contributed by atoms with Crippen LogP contribution in [0.5, 0.6) is 17.2 Å². The monoisotopic (exact) mass is 461 g/mol. The van der Waals surface area contributed by atoms with Crippen LogP contribution in [0, 0.1) is 0 Å². The van der Waals surface area contributed by atoms with Crippen molar-refractivity contribution in [2.75, 3.05) is 20.8 Å². The Morgan fingerprint density at radius 1 is 1.16 bits per heavy atom. The molecular formula is C21H20ClN3O5S.